The molecule has 0 unspecified atom stereocenters. The van der Waals surface area contributed by atoms with Crippen LogP contribution in [0.1, 0.15) is 57.8 Å². The van der Waals surface area contributed by atoms with Crippen molar-refractivity contribution in [1.29, 1.82) is 0 Å². The zero-order valence-corrected chi connectivity index (χ0v) is 9.10. The Morgan fingerprint density at radius 1 is 0.929 bits per heavy atom. The highest BCUT2D eigenvalue weighted by atomic mass is 16.3. The largest absolute Gasteiger partial charge is 0.390 e. The van der Waals surface area contributed by atoms with E-state index in [4.69, 9.17) is 5.73 Å². The first-order chi connectivity index (χ1) is 6.68. The predicted octanol–water partition coefficient (Wildman–Crippen LogP) is 2.20. The van der Waals surface area contributed by atoms with E-state index < -0.39 is 5.60 Å². The number of hydrogen-bond acceptors (Lipinski definition) is 2. The molecule has 14 heavy (non-hydrogen) atoms. The molecular weight excluding hydrogens is 174 g/mol. The fourth-order valence-electron chi connectivity index (χ4n) is 3.39. The molecule has 82 valence electrons. The van der Waals surface area contributed by atoms with Crippen molar-refractivity contribution < 1.29 is 5.11 Å². The van der Waals surface area contributed by atoms with Gasteiger partial charge in [0.2, 0.25) is 0 Å². The van der Waals surface area contributed by atoms with Crippen LogP contribution >= 0.6 is 0 Å². The molecule has 0 aromatic rings. The van der Waals surface area contributed by atoms with Gasteiger partial charge in [0.25, 0.3) is 0 Å². The summed E-state index contributed by atoms with van der Waals surface area (Å²) in [5.41, 5.74) is 5.74. The van der Waals surface area contributed by atoms with Gasteiger partial charge in [-0.15, -0.1) is 0 Å². The molecule has 0 bridgehead atoms. The lowest BCUT2D eigenvalue weighted by atomic mass is 9.67. The molecule has 0 aliphatic heterocycles. The van der Waals surface area contributed by atoms with E-state index in [1.54, 1.807) is 0 Å². The zero-order chi connectivity index (χ0) is 10.1. The molecule has 0 aromatic carbocycles. The minimum absolute atomic E-state index is 0.414. The molecule has 0 atom stereocenters. The molecule has 2 saturated carbocycles. The van der Waals surface area contributed by atoms with Crippen molar-refractivity contribution in [3.8, 4) is 0 Å². The van der Waals surface area contributed by atoms with Gasteiger partial charge in [-0.1, -0.05) is 12.8 Å². The molecule has 2 rings (SSSR count). The summed E-state index contributed by atoms with van der Waals surface area (Å²) >= 11 is 0. The third-order valence-corrected chi connectivity index (χ3v) is 4.52. The van der Waals surface area contributed by atoms with E-state index in [1.165, 1.54) is 38.5 Å². The highest BCUT2D eigenvalue weighted by Gasteiger charge is 2.42. The van der Waals surface area contributed by atoms with Crippen LogP contribution in [0.3, 0.4) is 0 Å². The molecule has 0 aromatic heterocycles. The molecule has 3 N–H and O–H groups in total. The summed E-state index contributed by atoms with van der Waals surface area (Å²) in [4.78, 5) is 0. The van der Waals surface area contributed by atoms with Crippen molar-refractivity contribution in [3.63, 3.8) is 0 Å². The lowest BCUT2D eigenvalue weighted by Crippen LogP contribution is -2.39. The van der Waals surface area contributed by atoms with Crippen LogP contribution in [0.5, 0.6) is 0 Å². The van der Waals surface area contributed by atoms with Crippen LogP contribution in [-0.4, -0.2) is 17.3 Å². The maximum absolute atomic E-state index is 10.2. The minimum Gasteiger partial charge on any atom is -0.390 e. The average molecular weight is 197 g/mol. The first-order valence-electron chi connectivity index (χ1n) is 6.11. The highest BCUT2D eigenvalue weighted by Crippen LogP contribution is 2.51. The van der Waals surface area contributed by atoms with E-state index in [1.807, 2.05) is 0 Å². The standard InChI is InChI=1S/C12H23NO/c13-10-9-12(14)7-5-11(6-8-12)3-1-2-4-11/h14H,1-10,13H2. The molecular formula is C12H23NO. The lowest BCUT2D eigenvalue weighted by molar-refractivity contribution is -0.0369. The van der Waals surface area contributed by atoms with Crippen molar-refractivity contribution in [3.05, 3.63) is 0 Å². The topological polar surface area (TPSA) is 46.2 Å². The van der Waals surface area contributed by atoms with Crippen molar-refractivity contribution >= 4 is 0 Å². The Morgan fingerprint density at radius 3 is 2.00 bits per heavy atom. The van der Waals surface area contributed by atoms with Gasteiger partial charge in [-0.05, 0) is 56.9 Å². The number of nitrogens with two attached hydrogens (primary N) is 1. The molecule has 1 spiro atoms. The van der Waals surface area contributed by atoms with Gasteiger partial charge in [-0.25, -0.2) is 0 Å². The second-order valence-corrected chi connectivity index (χ2v) is 5.47. The van der Waals surface area contributed by atoms with Crippen molar-refractivity contribution in [1.82, 2.24) is 0 Å². The Balaban J connectivity index is 1.90. The Labute approximate surface area is 86.9 Å². The van der Waals surface area contributed by atoms with Gasteiger partial charge >= 0.3 is 0 Å². The Hall–Kier alpha value is -0.0800. The SMILES string of the molecule is NCCC1(O)CCC2(CCCC2)CC1. The Morgan fingerprint density at radius 2 is 1.50 bits per heavy atom. The second-order valence-electron chi connectivity index (χ2n) is 5.47. The van der Waals surface area contributed by atoms with Crippen LogP contribution in [-0.2, 0) is 0 Å². The van der Waals surface area contributed by atoms with Crippen molar-refractivity contribution in [2.24, 2.45) is 11.1 Å². The summed E-state index contributed by atoms with van der Waals surface area (Å²) < 4.78 is 0. The van der Waals surface area contributed by atoms with Crippen LogP contribution in [0.4, 0.5) is 0 Å². The molecule has 0 saturated heterocycles. The van der Waals surface area contributed by atoms with Crippen LogP contribution in [0.2, 0.25) is 0 Å². The van der Waals surface area contributed by atoms with Gasteiger partial charge in [-0.2, -0.15) is 0 Å². The van der Waals surface area contributed by atoms with E-state index >= 15 is 0 Å². The van der Waals surface area contributed by atoms with Crippen LogP contribution in [0, 0.1) is 5.41 Å². The summed E-state index contributed by atoms with van der Waals surface area (Å²) in [5, 5.41) is 10.2. The third kappa shape index (κ3) is 1.96. The smallest absolute Gasteiger partial charge is 0.0660 e. The summed E-state index contributed by atoms with van der Waals surface area (Å²) in [6, 6.07) is 0. The van der Waals surface area contributed by atoms with Crippen LogP contribution in [0.15, 0.2) is 0 Å². The normalized spacial score (nSPS) is 29.6. The Kier molecular flexibility index (Phi) is 2.85. The monoisotopic (exact) mass is 197 g/mol. The highest BCUT2D eigenvalue weighted by molar-refractivity contribution is 4.95. The summed E-state index contributed by atoms with van der Waals surface area (Å²) in [6.07, 6.45) is 10.9. The van der Waals surface area contributed by atoms with E-state index in [9.17, 15) is 5.11 Å². The van der Waals surface area contributed by atoms with E-state index in [0.29, 0.717) is 12.0 Å². The molecule has 0 heterocycles. The van der Waals surface area contributed by atoms with Gasteiger partial charge in [0.1, 0.15) is 0 Å². The minimum atomic E-state index is -0.414. The maximum atomic E-state index is 10.2. The molecule has 2 nitrogen and oxygen atoms in total. The van der Waals surface area contributed by atoms with Gasteiger partial charge in [0, 0.05) is 0 Å². The van der Waals surface area contributed by atoms with Crippen molar-refractivity contribution in [2.45, 2.75) is 63.4 Å². The second kappa shape index (κ2) is 3.82. The van der Waals surface area contributed by atoms with Gasteiger partial charge in [0.15, 0.2) is 0 Å². The lowest BCUT2D eigenvalue weighted by Gasteiger charge is -2.42. The van der Waals surface area contributed by atoms with Crippen LogP contribution < -0.4 is 5.73 Å². The summed E-state index contributed by atoms with van der Waals surface area (Å²) in [5.74, 6) is 0. The fourth-order valence-corrected chi connectivity index (χ4v) is 3.39. The molecule has 2 heteroatoms. The molecule has 2 aliphatic carbocycles. The number of rotatable bonds is 2. The van der Waals surface area contributed by atoms with Gasteiger partial charge in [-0.3, -0.25) is 0 Å². The van der Waals surface area contributed by atoms with Gasteiger partial charge in [0.05, 0.1) is 5.60 Å². The zero-order valence-electron chi connectivity index (χ0n) is 9.10. The Bertz CT molecular complexity index is 186. The fraction of sp³-hybridized carbons (Fsp3) is 1.00. The molecule has 2 fully saturated rings. The van der Waals surface area contributed by atoms with Crippen molar-refractivity contribution in [2.75, 3.05) is 6.54 Å². The maximum Gasteiger partial charge on any atom is 0.0660 e. The molecule has 0 radical (unpaired) electrons. The van der Waals surface area contributed by atoms with E-state index in [0.717, 1.165) is 19.3 Å². The van der Waals surface area contributed by atoms with E-state index in [-0.39, 0.29) is 0 Å². The quantitative estimate of drug-likeness (QED) is 0.713. The van der Waals surface area contributed by atoms with Gasteiger partial charge < -0.3 is 10.8 Å². The first-order valence-corrected chi connectivity index (χ1v) is 6.11. The van der Waals surface area contributed by atoms with E-state index in [2.05, 4.69) is 0 Å². The summed E-state index contributed by atoms with van der Waals surface area (Å²) in [7, 11) is 0. The average Bonchev–Trinajstić information content (AvgIpc) is 2.61. The molecule has 2 aliphatic rings. The third-order valence-electron chi connectivity index (χ3n) is 4.52. The predicted molar refractivity (Wildman–Crippen MR) is 58.0 cm³/mol. The van der Waals surface area contributed by atoms with Crippen LogP contribution in [0.25, 0.3) is 0 Å². The number of aliphatic hydroxyl groups is 1. The summed E-state index contributed by atoms with van der Waals surface area (Å²) in [6.45, 7) is 0.628. The first kappa shape index (κ1) is 10.4. The number of hydrogen-bond donors (Lipinski definition) is 2. The molecule has 0 amide bonds.